The standard InChI is InChI=1S/C22H19N3S/c1-16(17-12-14-19(15-13-17)18-8-4-3-5-9-18)23-24-22-25(2)20-10-6-7-11-21(20)26-22/h3-15H,1-2H3. The van der Waals surface area contributed by atoms with Crippen molar-refractivity contribution >= 4 is 27.3 Å². The predicted molar refractivity (Wildman–Crippen MR) is 110 cm³/mol. The van der Waals surface area contributed by atoms with Crippen LogP contribution in [0.4, 0.5) is 0 Å². The zero-order valence-corrected chi connectivity index (χ0v) is 15.6. The summed E-state index contributed by atoms with van der Waals surface area (Å²) in [5.41, 5.74) is 5.58. The van der Waals surface area contributed by atoms with Gasteiger partial charge in [0.25, 0.3) is 0 Å². The van der Waals surface area contributed by atoms with Crippen molar-refractivity contribution in [3.8, 4) is 11.1 Å². The number of aromatic nitrogens is 1. The minimum Gasteiger partial charge on any atom is -0.318 e. The van der Waals surface area contributed by atoms with E-state index in [9.17, 15) is 0 Å². The molecule has 4 heteroatoms. The van der Waals surface area contributed by atoms with Crippen molar-refractivity contribution in [1.29, 1.82) is 0 Å². The van der Waals surface area contributed by atoms with Gasteiger partial charge in [-0.25, -0.2) is 0 Å². The van der Waals surface area contributed by atoms with Crippen LogP contribution in [0.25, 0.3) is 21.3 Å². The monoisotopic (exact) mass is 357 g/mol. The van der Waals surface area contributed by atoms with Crippen LogP contribution in [0.5, 0.6) is 0 Å². The summed E-state index contributed by atoms with van der Waals surface area (Å²) in [6, 6.07) is 27.1. The van der Waals surface area contributed by atoms with Crippen molar-refractivity contribution in [2.24, 2.45) is 17.3 Å². The number of para-hydroxylation sites is 1. The number of fused-ring (bicyclic) bond motifs is 1. The Hall–Kier alpha value is -2.98. The van der Waals surface area contributed by atoms with Crippen LogP contribution in [0.15, 0.2) is 89.1 Å². The quantitative estimate of drug-likeness (QED) is 0.355. The Bertz CT molecular complexity index is 1130. The van der Waals surface area contributed by atoms with E-state index in [4.69, 9.17) is 0 Å². The topological polar surface area (TPSA) is 29.6 Å². The van der Waals surface area contributed by atoms with E-state index in [0.717, 1.165) is 16.1 Å². The highest BCUT2D eigenvalue weighted by Gasteiger charge is 2.02. The minimum atomic E-state index is 0.895. The largest absolute Gasteiger partial charge is 0.318 e. The van der Waals surface area contributed by atoms with Crippen LogP contribution < -0.4 is 4.80 Å². The number of aryl methyl sites for hydroxylation is 1. The maximum Gasteiger partial charge on any atom is 0.211 e. The second-order valence-electron chi connectivity index (χ2n) is 6.14. The van der Waals surface area contributed by atoms with Crippen molar-refractivity contribution in [3.05, 3.63) is 89.2 Å². The molecule has 0 saturated heterocycles. The maximum absolute atomic E-state index is 4.47. The number of rotatable bonds is 3. The van der Waals surface area contributed by atoms with Crippen LogP contribution in [0.2, 0.25) is 0 Å². The second kappa shape index (κ2) is 7.10. The molecule has 128 valence electrons. The van der Waals surface area contributed by atoms with E-state index in [1.807, 2.05) is 32.2 Å². The van der Waals surface area contributed by atoms with Crippen LogP contribution in [0, 0.1) is 0 Å². The van der Waals surface area contributed by atoms with Gasteiger partial charge in [-0.2, -0.15) is 5.10 Å². The molecule has 3 aromatic carbocycles. The lowest BCUT2D eigenvalue weighted by atomic mass is 10.0. The summed E-state index contributed by atoms with van der Waals surface area (Å²) in [5, 5.41) is 8.92. The van der Waals surface area contributed by atoms with E-state index in [2.05, 4.69) is 75.4 Å². The van der Waals surface area contributed by atoms with E-state index in [-0.39, 0.29) is 0 Å². The zero-order valence-electron chi connectivity index (χ0n) is 14.8. The molecule has 26 heavy (non-hydrogen) atoms. The van der Waals surface area contributed by atoms with Crippen molar-refractivity contribution in [3.63, 3.8) is 0 Å². The van der Waals surface area contributed by atoms with Crippen molar-refractivity contribution in [2.75, 3.05) is 0 Å². The molecular weight excluding hydrogens is 338 g/mol. The van der Waals surface area contributed by atoms with Crippen LogP contribution in [0.3, 0.4) is 0 Å². The molecule has 0 radical (unpaired) electrons. The molecular formula is C22H19N3S. The highest BCUT2D eigenvalue weighted by atomic mass is 32.1. The Morgan fingerprint density at radius 2 is 1.46 bits per heavy atom. The first-order chi connectivity index (χ1) is 12.7. The van der Waals surface area contributed by atoms with E-state index in [0.29, 0.717) is 0 Å². The number of benzene rings is 3. The summed E-state index contributed by atoms with van der Waals surface area (Å²) in [5.74, 6) is 0. The first-order valence-corrected chi connectivity index (χ1v) is 9.33. The highest BCUT2D eigenvalue weighted by Crippen LogP contribution is 2.19. The van der Waals surface area contributed by atoms with Gasteiger partial charge in [0.1, 0.15) is 0 Å². The molecule has 0 amide bonds. The van der Waals surface area contributed by atoms with Crippen LogP contribution in [0.1, 0.15) is 12.5 Å². The van der Waals surface area contributed by atoms with E-state index >= 15 is 0 Å². The summed E-state index contributed by atoms with van der Waals surface area (Å²) >= 11 is 1.65. The number of nitrogens with zero attached hydrogens (tertiary/aromatic N) is 3. The molecule has 0 N–H and O–H groups in total. The molecule has 4 aromatic rings. The van der Waals surface area contributed by atoms with Gasteiger partial charge < -0.3 is 4.57 Å². The van der Waals surface area contributed by atoms with Crippen LogP contribution >= 0.6 is 11.3 Å². The Labute approximate surface area is 156 Å². The highest BCUT2D eigenvalue weighted by molar-refractivity contribution is 7.16. The molecule has 0 fully saturated rings. The molecule has 0 aliphatic carbocycles. The summed E-state index contributed by atoms with van der Waals surface area (Å²) in [4.78, 5) is 0.895. The summed E-state index contributed by atoms with van der Waals surface area (Å²) in [6.07, 6.45) is 0. The van der Waals surface area contributed by atoms with E-state index in [1.54, 1.807) is 11.3 Å². The van der Waals surface area contributed by atoms with Gasteiger partial charge >= 0.3 is 0 Å². The third-order valence-electron chi connectivity index (χ3n) is 4.41. The van der Waals surface area contributed by atoms with Crippen molar-refractivity contribution in [2.45, 2.75) is 6.92 Å². The molecule has 0 aliphatic rings. The molecule has 0 atom stereocenters. The smallest absolute Gasteiger partial charge is 0.211 e. The number of thiazole rings is 1. The molecule has 0 spiro atoms. The second-order valence-corrected chi connectivity index (χ2v) is 7.15. The normalized spacial score (nSPS) is 12.7. The first kappa shape index (κ1) is 16.5. The molecule has 3 nitrogen and oxygen atoms in total. The van der Waals surface area contributed by atoms with Gasteiger partial charge in [0.15, 0.2) is 0 Å². The average Bonchev–Trinajstić information content (AvgIpc) is 3.03. The Morgan fingerprint density at radius 3 is 2.19 bits per heavy atom. The fourth-order valence-corrected chi connectivity index (χ4v) is 3.86. The lowest BCUT2D eigenvalue weighted by Gasteiger charge is -2.03. The SMILES string of the molecule is CC(=NN=c1sc2ccccc2n1C)c1ccc(-c2ccccc2)cc1. The number of hydrogen-bond donors (Lipinski definition) is 0. The molecule has 4 rings (SSSR count). The molecule has 1 heterocycles. The van der Waals surface area contributed by atoms with Gasteiger partial charge in [-0.1, -0.05) is 78.1 Å². The summed E-state index contributed by atoms with van der Waals surface area (Å²) in [7, 11) is 2.02. The third kappa shape index (κ3) is 3.24. The molecule has 1 aromatic heterocycles. The van der Waals surface area contributed by atoms with Gasteiger partial charge in [0.05, 0.1) is 15.9 Å². The lowest BCUT2D eigenvalue weighted by Crippen LogP contribution is -2.09. The van der Waals surface area contributed by atoms with Crippen molar-refractivity contribution in [1.82, 2.24) is 4.57 Å². The zero-order chi connectivity index (χ0) is 17.9. The molecule has 0 unspecified atom stereocenters. The number of hydrogen-bond acceptors (Lipinski definition) is 3. The van der Waals surface area contributed by atoms with Gasteiger partial charge in [-0.05, 0) is 35.7 Å². The predicted octanol–water partition coefficient (Wildman–Crippen LogP) is 5.23. The van der Waals surface area contributed by atoms with E-state index < -0.39 is 0 Å². The van der Waals surface area contributed by atoms with Crippen LogP contribution in [-0.4, -0.2) is 10.3 Å². The van der Waals surface area contributed by atoms with E-state index in [1.165, 1.54) is 21.3 Å². The van der Waals surface area contributed by atoms with Crippen LogP contribution in [-0.2, 0) is 7.05 Å². The fourth-order valence-electron chi connectivity index (χ4n) is 2.89. The Morgan fingerprint density at radius 1 is 0.808 bits per heavy atom. The van der Waals surface area contributed by atoms with Gasteiger partial charge in [-0.15, -0.1) is 5.10 Å². The summed E-state index contributed by atoms with van der Waals surface area (Å²) < 4.78 is 3.30. The molecule has 0 aliphatic heterocycles. The fraction of sp³-hybridized carbons (Fsp3) is 0.0909. The Balaban J connectivity index is 1.64. The minimum absolute atomic E-state index is 0.895. The Kier molecular flexibility index (Phi) is 4.50. The molecule has 0 saturated carbocycles. The van der Waals surface area contributed by atoms with Gasteiger partial charge in [0.2, 0.25) is 4.80 Å². The van der Waals surface area contributed by atoms with Crippen molar-refractivity contribution < 1.29 is 0 Å². The van der Waals surface area contributed by atoms with Gasteiger partial charge in [0, 0.05) is 7.05 Å². The summed E-state index contributed by atoms with van der Waals surface area (Å²) in [6.45, 7) is 1.99. The maximum atomic E-state index is 4.47. The third-order valence-corrected chi connectivity index (χ3v) is 5.51. The lowest BCUT2D eigenvalue weighted by molar-refractivity contribution is 0.888. The first-order valence-electron chi connectivity index (χ1n) is 8.51. The molecule has 0 bridgehead atoms. The van der Waals surface area contributed by atoms with Gasteiger partial charge in [-0.3, -0.25) is 0 Å². The average molecular weight is 357 g/mol.